The standard InChI is InChI=1S/C21H16B3N5O3/c1-31-14-3-2-4-15-17(14)28-20(32-15)13-9-26-18(29-21(22,23)24)12-8-25-16(7-11(12)13)27-19(30)10-5-6-10/h2-4,7-10H,5-6H2,1H3,(H,26,29)(H,25,27,30). The number of aromatic nitrogens is 3. The monoisotopic (exact) mass is 419 g/mol. The zero-order valence-corrected chi connectivity index (χ0v) is 17.3. The number of oxazole rings is 1. The molecule has 0 spiro atoms. The number of carbonyl (C=O) groups excluding carboxylic acids is 1. The van der Waals surface area contributed by atoms with Gasteiger partial charge in [0.15, 0.2) is 11.1 Å². The molecular weight excluding hydrogens is 403 g/mol. The molecule has 0 saturated heterocycles. The number of rotatable bonds is 6. The van der Waals surface area contributed by atoms with Gasteiger partial charge < -0.3 is 19.8 Å². The van der Waals surface area contributed by atoms with Crippen LogP contribution < -0.4 is 15.4 Å². The summed E-state index contributed by atoms with van der Waals surface area (Å²) in [6, 6.07) is 7.15. The number of para-hydroxylation sites is 1. The molecule has 11 heteroatoms. The van der Waals surface area contributed by atoms with Crippen LogP contribution in [-0.2, 0) is 4.79 Å². The van der Waals surface area contributed by atoms with Crippen LogP contribution in [0.15, 0.2) is 41.1 Å². The van der Waals surface area contributed by atoms with Gasteiger partial charge in [0.2, 0.25) is 11.8 Å². The number of anilines is 2. The lowest BCUT2D eigenvalue weighted by Gasteiger charge is -2.24. The molecule has 1 amide bonds. The van der Waals surface area contributed by atoms with Crippen molar-refractivity contribution in [3.63, 3.8) is 0 Å². The minimum atomic E-state index is -1.69. The van der Waals surface area contributed by atoms with Crippen molar-refractivity contribution in [2.45, 2.75) is 18.1 Å². The normalized spacial score (nSPS) is 13.9. The van der Waals surface area contributed by atoms with Crippen molar-refractivity contribution in [1.82, 2.24) is 15.0 Å². The highest BCUT2D eigenvalue weighted by Crippen LogP contribution is 2.36. The van der Waals surface area contributed by atoms with Gasteiger partial charge in [-0.25, -0.2) is 15.0 Å². The van der Waals surface area contributed by atoms with E-state index in [0.29, 0.717) is 50.7 Å². The summed E-state index contributed by atoms with van der Waals surface area (Å²) >= 11 is 0. The van der Waals surface area contributed by atoms with Crippen molar-refractivity contribution in [3.8, 4) is 17.2 Å². The summed E-state index contributed by atoms with van der Waals surface area (Å²) < 4.78 is 11.4. The van der Waals surface area contributed by atoms with Gasteiger partial charge in [0.25, 0.3) is 0 Å². The molecule has 4 aromatic rings. The fourth-order valence-corrected chi connectivity index (χ4v) is 3.46. The van der Waals surface area contributed by atoms with Gasteiger partial charge in [-0.1, -0.05) is 11.3 Å². The lowest BCUT2D eigenvalue weighted by molar-refractivity contribution is -0.117. The Morgan fingerprint density at radius 1 is 1.19 bits per heavy atom. The number of nitrogens with one attached hydrogen (secondary N) is 2. The smallest absolute Gasteiger partial charge is 0.229 e. The highest BCUT2D eigenvalue weighted by Gasteiger charge is 2.30. The number of fused-ring (bicyclic) bond motifs is 2. The SMILES string of the molecule is [B]C([B])([B])Nc1ncc(-c2nc3c(OC)cccc3o2)c2cc(NC(=O)C3CC3)ncc12. The second kappa shape index (κ2) is 7.58. The molecule has 8 nitrogen and oxygen atoms in total. The Bertz CT molecular complexity index is 1350. The zero-order chi connectivity index (χ0) is 22.5. The van der Waals surface area contributed by atoms with Crippen LogP contribution in [0.2, 0.25) is 0 Å². The van der Waals surface area contributed by atoms with Crippen molar-refractivity contribution in [1.29, 1.82) is 0 Å². The van der Waals surface area contributed by atoms with Gasteiger partial charge in [-0.3, -0.25) is 4.79 Å². The molecule has 1 fully saturated rings. The molecule has 32 heavy (non-hydrogen) atoms. The van der Waals surface area contributed by atoms with Crippen molar-refractivity contribution >= 4 is 63.0 Å². The number of hydrogen-bond donors (Lipinski definition) is 2. The number of pyridine rings is 2. The number of amides is 1. The minimum absolute atomic E-state index is 0.0403. The Kier molecular flexibility index (Phi) is 4.84. The predicted octanol–water partition coefficient (Wildman–Crippen LogP) is 2.32. The summed E-state index contributed by atoms with van der Waals surface area (Å²) in [4.78, 5) is 25.6. The van der Waals surface area contributed by atoms with Gasteiger partial charge in [0, 0.05) is 29.1 Å². The van der Waals surface area contributed by atoms with Gasteiger partial charge >= 0.3 is 0 Å². The molecule has 152 valence electrons. The van der Waals surface area contributed by atoms with Crippen molar-refractivity contribution in [2.75, 3.05) is 17.7 Å². The van der Waals surface area contributed by atoms with Crippen LogP contribution in [0.3, 0.4) is 0 Å². The molecule has 3 heterocycles. The molecule has 6 radical (unpaired) electrons. The number of methoxy groups -OCH3 is 1. The van der Waals surface area contributed by atoms with Gasteiger partial charge in [0.1, 0.15) is 17.4 Å². The minimum Gasteiger partial charge on any atom is -0.494 e. The largest absolute Gasteiger partial charge is 0.494 e. The van der Waals surface area contributed by atoms with Gasteiger partial charge in [-0.15, -0.1) is 0 Å². The number of hydrogen-bond acceptors (Lipinski definition) is 7. The first kappa shape index (κ1) is 20.4. The second-order valence-corrected chi connectivity index (χ2v) is 7.78. The molecule has 2 N–H and O–H groups in total. The maximum absolute atomic E-state index is 12.2. The molecule has 1 aliphatic carbocycles. The average molecular weight is 419 g/mol. The Morgan fingerprint density at radius 3 is 2.72 bits per heavy atom. The van der Waals surface area contributed by atoms with Crippen LogP contribution >= 0.6 is 0 Å². The van der Waals surface area contributed by atoms with Crippen LogP contribution in [-0.4, -0.2) is 56.7 Å². The van der Waals surface area contributed by atoms with Crippen LogP contribution in [0, 0.1) is 5.92 Å². The molecule has 0 atom stereocenters. The Balaban J connectivity index is 1.67. The molecule has 0 aliphatic heterocycles. The summed E-state index contributed by atoms with van der Waals surface area (Å²) in [5.41, 5.74) is 1.74. The maximum Gasteiger partial charge on any atom is 0.229 e. The van der Waals surface area contributed by atoms with Gasteiger partial charge in [-0.2, -0.15) is 0 Å². The predicted molar refractivity (Wildman–Crippen MR) is 124 cm³/mol. The van der Waals surface area contributed by atoms with Crippen molar-refractivity contribution in [3.05, 3.63) is 36.7 Å². The fourth-order valence-electron chi connectivity index (χ4n) is 3.46. The van der Waals surface area contributed by atoms with E-state index in [-0.39, 0.29) is 11.8 Å². The molecule has 5 rings (SSSR count). The topological polar surface area (TPSA) is 102 Å². The number of ether oxygens (including phenoxy) is 1. The highest BCUT2D eigenvalue weighted by atomic mass is 16.5. The van der Waals surface area contributed by atoms with Crippen molar-refractivity contribution in [2.24, 2.45) is 5.92 Å². The van der Waals surface area contributed by atoms with Crippen LogP contribution in [0.25, 0.3) is 33.3 Å². The van der Waals surface area contributed by atoms with E-state index >= 15 is 0 Å². The lowest BCUT2D eigenvalue weighted by Crippen LogP contribution is -2.40. The van der Waals surface area contributed by atoms with E-state index < -0.39 is 5.24 Å². The number of nitrogens with zero attached hydrogens (tertiary/aromatic N) is 3. The first-order valence-corrected chi connectivity index (χ1v) is 10.0. The highest BCUT2D eigenvalue weighted by molar-refractivity contribution is 6.60. The third-order valence-corrected chi connectivity index (χ3v) is 5.14. The molecule has 1 aromatic carbocycles. The zero-order valence-electron chi connectivity index (χ0n) is 17.3. The molecule has 1 aliphatic rings. The summed E-state index contributed by atoms with van der Waals surface area (Å²) in [6.07, 6.45) is 4.91. The van der Waals surface area contributed by atoms with E-state index in [4.69, 9.17) is 32.7 Å². The van der Waals surface area contributed by atoms with E-state index in [1.165, 1.54) is 0 Å². The number of benzene rings is 1. The first-order chi connectivity index (χ1) is 15.3. The summed E-state index contributed by atoms with van der Waals surface area (Å²) in [5.74, 6) is 1.64. The van der Waals surface area contributed by atoms with Gasteiger partial charge in [0.05, 0.1) is 36.2 Å². The number of carbonyl (C=O) groups is 1. The van der Waals surface area contributed by atoms with Crippen molar-refractivity contribution < 1.29 is 13.9 Å². The van der Waals surface area contributed by atoms with E-state index in [2.05, 4.69) is 25.6 Å². The second-order valence-electron chi connectivity index (χ2n) is 7.78. The molecule has 0 unspecified atom stereocenters. The third-order valence-electron chi connectivity index (χ3n) is 5.14. The van der Waals surface area contributed by atoms with E-state index in [9.17, 15) is 4.79 Å². The van der Waals surface area contributed by atoms with Gasteiger partial charge in [-0.05, 0) is 31.0 Å². The fraction of sp³-hybridized carbons (Fsp3) is 0.238. The van der Waals surface area contributed by atoms with E-state index in [1.54, 1.807) is 37.7 Å². The van der Waals surface area contributed by atoms with E-state index in [0.717, 1.165) is 12.8 Å². The first-order valence-electron chi connectivity index (χ1n) is 10.0. The van der Waals surface area contributed by atoms with Crippen LogP contribution in [0.4, 0.5) is 11.6 Å². The molecule has 0 bridgehead atoms. The maximum atomic E-state index is 12.2. The molecule has 1 saturated carbocycles. The third kappa shape index (κ3) is 3.90. The summed E-state index contributed by atoms with van der Waals surface area (Å²) in [5, 5.41) is 5.16. The van der Waals surface area contributed by atoms with Crippen LogP contribution in [0.5, 0.6) is 5.75 Å². The van der Waals surface area contributed by atoms with E-state index in [1.807, 2.05) is 6.07 Å². The lowest BCUT2D eigenvalue weighted by atomic mass is 9.49. The molecular formula is C21H16B3N5O3. The Morgan fingerprint density at radius 2 is 2.00 bits per heavy atom. The quantitative estimate of drug-likeness (QED) is 0.463. The van der Waals surface area contributed by atoms with Crippen LogP contribution in [0.1, 0.15) is 12.8 Å². The molecule has 3 aromatic heterocycles. The average Bonchev–Trinajstić information content (AvgIpc) is 3.51. The summed E-state index contributed by atoms with van der Waals surface area (Å²) in [6.45, 7) is 0. The summed E-state index contributed by atoms with van der Waals surface area (Å²) in [7, 11) is 18.7. The Labute approximate surface area is 187 Å². The Hall–Kier alpha value is -3.49.